The minimum atomic E-state index is -0.306. The molecule has 3 nitrogen and oxygen atoms in total. The summed E-state index contributed by atoms with van der Waals surface area (Å²) in [5.74, 6) is -0.261. The first kappa shape index (κ1) is 16.5. The van der Waals surface area contributed by atoms with E-state index in [1.165, 1.54) is 23.9 Å². The van der Waals surface area contributed by atoms with Crippen LogP contribution in [0.3, 0.4) is 0 Å². The molecule has 0 aliphatic heterocycles. The Morgan fingerprint density at radius 1 is 1.18 bits per heavy atom. The van der Waals surface area contributed by atoms with Crippen molar-refractivity contribution >= 4 is 35.0 Å². The van der Waals surface area contributed by atoms with E-state index in [0.717, 1.165) is 10.5 Å². The predicted molar refractivity (Wildman–Crippen MR) is 88.9 cm³/mol. The van der Waals surface area contributed by atoms with Gasteiger partial charge in [0.15, 0.2) is 0 Å². The fourth-order valence-electron chi connectivity index (χ4n) is 1.61. The number of carbonyl (C=O) groups excluding carboxylic acids is 1. The fourth-order valence-corrected chi connectivity index (χ4v) is 2.43. The molecule has 0 radical (unpaired) electrons. The number of carbonyl (C=O) groups is 1. The molecule has 1 amide bonds. The Balaban J connectivity index is 1.85. The summed E-state index contributed by atoms with van der Waals surface area (Å²) in [6, 6.07) is 13.2. The summed E-state index contributed by atoms with van der Waals surface area (Å²) in [6.07, 6.45) is 0. The molecule has 2 aromatic rings. The van der Waals surface area contributed by atoms with Crippen molar-refractivity contribution in [3.05, 3.63) is 64.9 Å². The number of halogens is 2. The van der Waals surface area contributed by atoms with Gasteiger partial charge >= 0.3 is 0 Å². The highest BCUT2D eigenvalue weighted by molar-refractivity contribution is 8.00. The summed E-state index contributed by atoms with van der Waals surface area (Å²) in [6.45, 7) is 1.75. The summed E-state index contributed by atoms with van der Waals surface area (Å²) in [5.41, 5.74) is 3.86. The van der Waals surface area contributed by atoms with Gasteiger partial charge in [-0.25, -0.2) is 9.82 Å². The highest BCUT2D eigenvalue weighted by Gasteiger charge is 2.03. The van der Waals surface area contributed by atoms with E-state index in [9.17, 15) is 9.18 Å². The van der Waals surface area contributed by atoms with E-state index >= 15 is 0 Å². The minimum absolute atomic E-state index is 0.207. The number of hydrogen-bond donors (Lipinski definition) is 1. The molecule has 1 N–H and O–H groups in total. The lowest BCUT2D eigenvalue weighted by Gasteiger charge is -2.03. The van der Waals surface area contributed by atoms with Gasteiger partial charge in [0.1, 0.15) is 5.82 Å². The van der Waals surface area contributed by atoms with Crippen LogP contribution in [0, 0.1) is 5.82 Å². The molecule has 0 bridgehead atoms. The predicted octanol–water partition coefficient (Wildman–Crippen LogP) is 4.11. The Bertz CT molecular complexity index is 672. The van der Waals surface area contributed by atoms with Crippen LogP contribution in [0.15, 0.2) is 58.5 Å². The molecule has 0 saturated heterocycles. The van der Waals surface area contributed by atoms with E-state index < -0.39 is 0 Å². The zero-order valence-electron chi connectivity index (χ0n) is 11.8. The quantitative estimate of drug-likeness (QED) is 0.507. The Hall–Kier alpha value is -1.85. The third-order valence-electron chi connectivity index (χ3n) is 2.79. The van der Waals surface area contributed by atoms with Crippen molar-refractivity contribution in [3.8, 4) is 0 Å². The van der Waals surface area contributed by atoms with Crippen LogP contribution in [0.2, 0.25) is 5.02 Å². The molecule has 22 heavy (non-hydrogen) atoms. The Kier molecular flexibility index (Phi) is 5.98. The summed E-state index contributed by atoms with van der Waals surface area (Å²) in [5, 5.41) is 4.67. The van der Waals surface area contributed by atoms with Crippen molar-refractivity contribution in [2.24, 2.45) is 5.10 Å². The van der Waals surface area contributed by atoms with Gasteiger partial charge < -0.3 is 0 Å². The maximum atomic E-state index is 12.8. The number of hydrazone groups is 1. The largest absolute Gasteiger partial charge is 0.272 e. The summed E-state index contributed by atoms with van der Waals surface area (Å²) in [7, 11) is 0. The molecule has 0 atom stereocenters. The van der Waals surface area contributed by atoms with E-state index in [-0.39, 0.29) is 17.5 Å². The van der Waals surface area contributed by atoms with Crippen LogP contribution in [0.1, 0.15) is 12.5 Å². The normalized spacial score (nSPS) is 11.3. The summed E-state index contributed by atoms with van der Waals surface area (Å²) in [4.78, 5) is 12.7. The Morgan fingerprint density at radius 3 is 2.45 bits per heavy atom. The zero-order chi connectivity index (χ0) is 15.9. The molecule has 0 unspecified atom stereocenters. The number of amides is 1. The summed E-state index contributed by atoms with van der Waals surface area (Å²) >= 11 is 7.19. The number of thioether (sulfide) groups is 1. The third kappa shape index (κ3) is 5.16. The van der Waals surface area contributed by atoms with Crippen LogP contribution in [0.5, 0.6) is 0 Å². The Morgan fingerprint density at radius 2 is 1.82 bits per heavy atom. The number of nitrogens with one attached hydrogen (secondary N) is 1. The van der Waals surface area contributed by atoms with E-state index in [1.807, 2.05) is 12.1 Å². The average Bonchev–Trinajstić information content (AvgIpc) is 2.52. The molecule has 0 aliphatic carbocycles. The third-order valence-corrected chi connectivity index (χ3v) is 4.06. The molecule has 0 fully saturated rings. The van der Waals surface area contributed by atoms with Crippen LogP contribution >= 0.6 is 23.4 Å². The van der Waals surface area contributed by atoms with Crippen LogP contribution in [0.25, 0.3) is 0 Å². The highest BCUT2D eigenvalue weighted by Crippen LogP contribution is 2.19. The number of rotatable bonds is 5. The van der Waals surface area contributed by atoms with Crippen LogP contribution in [-0.4, -0.2) is 17.4 Å². The first-order chi connectivity index (χ1) is 10.5. The molecule has 0 spiro atoms. The van der Waals surface area contributed by atoms with Gasteiger partial charge in [-0.15, -0.1) is 11.8 Å². The fraction of sp³-hybridized carbons (Fsp3) is 0.125. The SMILES string of the molecule is CC(=NNC(=O)CSc1ccc(Cl)cc1)c1ccc(F)cc1. The molecule has 0 aliphatic rings. The van der Waals surface area contributed by atoms with Gasteiger partial charge in [0.25, 0.3) is 0 Å². The summed E-state index contributed by atoms with van der Waals surface area (Å²) < 4.78 is 12.8. The van der Waals surface area contributed by atoms with Gasteiger partial charge in [0.05, 0.1) is 11.5 Å². The van der Waals surface area contributed by atoms with Crippen molar-refractivity contribution in [3.63, 3.8) is 0 Å². The van der Waals surface area contributed by atoms with Gasteiger partial charge in [-0.2, -0.15) is 5.10 Å². The van der Waals surface area contributed by atoms with Gasteiger partial charge in [-0.05, 0) is 48.9 Å². The molecular weight excluding hydrogens is 323 g/mol. The van der Waals surface area contributed by atoms with Gasteiger partial charge in [0.2, 0.25) is 5.91 Å². The second kappa shape index (κ2) is 7.96. The highest BCUT2D eigenvalue weighted by atomic mass is 35.5. The Labute approximate surface area is 137 Å². The van der Waals surface area contributed by atoms with Crippen molar-refractivity contribution in [2.75, 3.05) is 5.75 Å². The second-order valence-corrected chi connectivity index (χ2v) is 5.97. The van der Waals surface area contributed by atoms with Crippen molar-refractivity contribution in [1.29, 1.82) is 0 Å². The van der Waals surface area contributed by atoms with Crippen molar-refractivity contribution < 1.29 is 9.18 Å². The standard InChI is InChI=1S/C16H14ClFN2OS/c1-11(12-2-6-14(18)7-3-12)19-20-16(21)10-22-15-8-4-13(17)5-9-15/h2-9H,10H2,1H3,(H,20,21). The number of nitrogens with zero attached hydrogens (tertiary/aromatic N) is 1. The molecule has 0 saturated carbocycles. The second-order valence-electron chi connectivity index (χ2n) is 4.48. The lowest BCUT2D eigenvalue weighted by molar-refractivity contribution is -0.118. The van der Waals surface area contributed by atoms with Crippen LogP contribution in [0.4, 0.5) is 4.39 Å². The maximum Gasteiger partial charge on any atom is 0.250 e. The number of hydrogen-bond acceptors (Lipinski definition) is 3. The van der Waals surface area contributed by atoms with Crippen molar-refractivity contribution in [1.82, 2.24) is 5.43 Å². The molecule has 6 heteroatoms. The topological polar surface area (TPSA) is 41.5 Å². The molecule has 114 valence electrons. The average molecular weight is 337 g/mol. The monoisotopic (exact) mass is 336 g/mol. The smallest absolute Gasteiger partial charge is 0.250 e. The van der Waals surface area contributed by atoms with Crippen molar-refractivity contribution in [2.45, 2.75) is 11.8 Å². The lowest BCUT2D eigenvalue weighted by atomic mass is 10.1. The molecule has 0 heterocycles. The molecule has 2 aromatic carbocycles. The van der Waals surface area contributed by atoms with Gasteiger partial charge in [0, 0.05) is 9.92 Å². The first-order valence-electron chi connectivity index (χ1n) is 6.52. The first-order valence-corrected chi connectivity index (χ1v) is 7.88. The molecular formula is C16H14ClFN2OS. The van der Waals surface area contributed by atoms with E-state index in [4.69, 9.17) is 11.6 Å². The van der Waals surface area contributed by atoms with Crippen LogP contribution in [-0.2, 0) is 4.79 Å². The minimum Gasteiger partial charge on any atom is -0.272 e. The van der Waals surface area contributed by atoms with Crippen LogP contribution < -0.4 is 5.43 Å². The number of benzene rings is 2. The van der Waals surface area contributed by atoms with Gasteiger partial charge in [-0.1, -0.05) is 23.7 Å². The van der Waals surface area contributed by atoms with Gasteiger partial charge in [-0.3, -0.25) is 4.79 Å². The molecule has 0 aromatic heterocycles. The zero-order valence-corrected chi connectivity index (χ0v) is 13.4. The molecule has 2 rings (SSSR count). The van der Waals surface area contributed by atoms with E-state index in [2.05, 4.69) is 10.5 Å². The van der Waals surface area contributed by atoms with E-state index in [1.54, 1.807) is 31.2 Å². The maximum absolute atomic E-state index is 12.8. The van der Waals surface area contributed by atoms with E-state index in [0.29, 0.717) is 10.7 Å². The lowest BCUT2D eigenvalue weighted by Crippen LogP contribution is -2.21.